The van der Waals surface area contributed by atoms with Crippen molar-refractivity contribution in [3.63, 3.8) is 0 Å². The van der Waals surface area contributed by atoms with Gasteiger partial charge in [-0.2, -0.15) is 9.61 Å². The molecule has 7 nitrogen and oxygen atoms in total. The van der Waals surface area contributed by atoms with Gasteiger partial charge in [0.25, 0.3) is 0 Å². The zero-order valence-corrected chi connectivity index (χ0v) is 17.3. The molecular weight excluding hydrogens is 388 g/mol. The van der Waals surface area contributed by atoms with Gasteiger partial charge < -0.3 is 14.5 Å². The summed E-state index contributed by atoms with van der Waals surface area (Å²) >= 11 is 0. The first-order chi connectivity index (χ1) is 15.3. The number of rotatable bonds is 4. The highest BCUT2D eigenvalue weighted by Crippen LogP contribution is 2.33. The van der Waals surface area contributed by atoms with Crippen molar-refractivity contribution in [2.45, 2.75) is 5.92 Å². The summed E-state index contributed by atoms with van der Waals surface area (Å²) < 4.78 is 7.55. The van der Waals surface area contributed by atoms with Gasteiger partial charge in [0.05, 0.1) is 18.9 Å². The fourth-order valence-electron chi connectivity index (χ4n) is 4.39. The van der Waals surface area contributed by atoms with Crippen LogP contribution in [0.15, 0.2) is 67.0 Å². The Bertz CT molecular complexity index is 1180. The van der Waals surface area contributed by atoms with Crippen molar-refractivity contribution in [3.05, 3.63) is 72.6 Å². The highest BCUT2D eigenvalue weighted by atomic mass is 16.5. The van der Waals surface area contributed by atoms with Crippen molar-refractivity contribution in [1.29, 1.82) is 0 Å². The standard InChI is InChI=1S/C24H24N6O/c1-2-4-18(5-3-1)20-16-29(17-20)22-15-24(28-10-12-31-13-11-28)30-23(26-22)14-21(27-30)19-6-8-25-9-7-19/h1-9,14-15,20H,10-13,16-17H2. The van der Waals surface area contributed by atoms with E-state index in [1.807, 2.05) is 16.6 Å². The highest BCUT2D eigenvalue weighted by Gasteiger charge is 2.30. The molecule has 0 unspecified atom stereocenters. The first-order valence-corrected chi connectivity index (χ1v) is 10.8. The average molecular weight is 412 g/mol. The van der Waals surface area contributed by atoms with E-state index in [0.29, 0.717) is 5.92 Å². The number of hydrogen-bond donors (Lipinski definition) is 0. The SMILES string of the molecule is c1ccc(C2CN(c3cc(N4CCOCC4)n4nc(-c5ccncc5)cc4n3)C2)cc1. The topological polar surface area (TPSA) is 58.8 Å². The normalized spacial score (nSPS) is 17.2. The number of aromatic nitrogens is 4. The third-order valence-corrected chi connectivity index (χ3v) is 6.18. The number of ether oxygens (including phenoxy) is 1. The highest BCUT2D eigenvalue weighted by molar-refractivity contribution is 5.68. The predicted molar refractivity (Wildman–Crippen MR) is 121 cm³/mol. The summed E-state index contributed by atoms with van der Waals surface area (Å²) in [5.41, 5.74) is 4.22. The first kappa shape index (κ1) is 18.3. The summed E-state index contributed by atoms with van der Waals surface area (Å²) in [6, 6.07) is 19.0. The molecule has 0 atom stereocenters. The van der Waals surface area contributed by atoms with Crippen LogP contribution in [0.5, 0.6) is 0 Å². The van der Waals surface area contributed by atoms with E-state index in [9.17, 15) is 0 Å². The number of benzene rings is 1. The minimum absolute atomic E-state index is 0.559. The van der Waals surface area contributed by atoms with Gasteiger partial charge in [-0.15, -0.1) is 0 Å². The first-order valence-electron chi connectivity index (χ1n) is 10.8. The summed E-state index contributed by atoms with van der Waals surface area (Å²) in [4.78, 5) is 13.8. The Morgan fingerprint density at radius 1 is 0.871 bits per heavy atom. The van der Waals surface area contributed by atoms with E-state index in [2.05, 4.69) is 57.2 Å². The zero-order valence-electron chi connectivity index (χ0n) is 17.3. The Hall–Kier alpha value is -3.45. The molecule has 7 heteroatoms. The molecule has 4 aromatic rings. The van der Waals surface area contributed by atoms with Crippen LogP contribution in [0.3, 0.4) is 0 Å². The Kier molecular flexibility index (Phi) is 4.53. The maximum Gasteiger partial charge on any atom is 0.160 e. The number of hydrogen-bond acceptors (Lipinski definition) is 6. The second-order valence-electron chi connectivity index (χ2n) is 8.12. The van der Waals surface area contributed by atoms with Crippen LogP contribution < -0.4 is 9.80 Å². The predicted octanol–water partition coefficient (Wildman–Crippen LogP) is 3.23. The Morgan fingerprint density at radius 3 is 2.42 bits per heavy atom. The smallest absolute Gasteiger partial charge is 0.160 e. The van der Waals surface area contributed by atoms with E-state index >= 15 is 0 Å². The lowest BCUT2D eigenvalue weighted by molar-refractivity contribution is 0.122. The van der Waals surface area contributed by atoms with Gasteiger partial charge in [0.15, 0.2) is 5.65 Å². The Balaban J connectivity index is 1.37. The molecule has 156 valence electrons. The van der Waals surface area contributed by atoms with Crippen LogP contribution in [-0.2, 0) is 4.74 Å². The van der Waals surface area contributed by atoms with Gasteiger partial charge in [-0.25, -0.2) is 4.98 Å². The zero-order chi connectivity index (χ0) is 20.6. The summed E-state index contributed by atoms with van der Waals surface area (Å²) in [5, 5.41) is 4.89. The van der Waals surface area contributed by atoms with E-state index < -0.39 is 0 Å². The number of nitrogens with zero attached hydrogens (tertiary/aromatic N) is 6. The molecule has 0 bridgehead atoms. The lowest BCUT2D eigenvalue weighted by atomic mass is 9.91. The summed E-state index contributed by atoms with van der Waals surface area (Å²) in [6.45, 7) is 5.16. The van der Waals surface area contributed by atoms with Gasteiger partial charge in [0, 0.05) is 62.2 Å². The minimum atomic E-state index is 0.559. The molecule has 0 radical (unpaired) electrons. The molecule has 0 spiro atoms. The fourth-order valence-corrected chi connectivity index (χ4v) is 4.39. The van der Waals surface area contributed by atoms with Crippen LogP contribution in [0.1, 0.15) is 11.5 Å². The molecule has 1 aromatic carbocycles. The number of fused-ring (bicyclic) bond motifs is 1. The molecule has 0 amide bonds. The molecular formula is C24H24N6O. The van der Waals surface area contributed by atoms with Crippen LogP contribution in [0.4, 0.5) is 11.6 Å². The maximum absolute atomic E-state index is 5.58. The van der Waals surface area contributed by atoms with Crippen molar-refractivity contribution in [2.75, 3.05) is 49.2 Å². The number of pyridine rings is 1. The van der Waals surface area contributed by atoms with Crippen LogP contribution in [-0.4, -0.2) is 59.0 Å². The fraction of sp³-hybridized carbons (Fsp3) is 0.292. The van der Waals surface area contributed by atoms with Crippen molar-refractivity contribution < 1.29 is 4.74 Å². The molecule has 0 aliphatic carbocycles. The van der Waals surface area contributed by atoms with Gasteiger partial charge in [0.2, 0.25) is 0 Å². The minimum Gasteiger partial charge on any atom is -0.378 e. The molecule has 2 aliphatic heterocycles. The lowest BCUT2D eigenvalue weighted by Crippen LogP contribution is -2.45. The van der Waals surface area contributed by atoms with Gasteiger partial charge in [-0.3, -0.25) is 4.98 Å². The van der Waals surface area contributed by atoms with Crippen LogP contribution in [0.2, 0.25) is 0 Å². The molecule has 3 aromatic heterocycles. The van der Waals surface area contributed by atoms with Crippen molar-refractivity contribution in [1.82, 2.24) is 19.6 Å². The molecule has 0 N–H and O–H groups in total. The summed E-state index contributed by atoms with van der Waals surface area (Å²) in [5.74, 6) is 2.65. The third kappa shape index (κ3) is 3.41. The monoisotopic (exact) mass is 412 g/mol. The number of anilines is 2. The van der Waals surface area contributed by atoms with E-state index in [-0.39, 0.29) is 0 Å². The van der Waals surface area contributed by atoms with Gasteiger partial charge in [-0.1, -0.05) is 30.3 Å². The van der Waals surface area contributed by atoms with E-state index in [1.54, 1.807) is 12.4 Å². The molecule has 31 heavy (non-hydrogen) atoms. The molecule has 0 saturated carbocycles. The number of morpholine rings is 1. The second kappa shape index (κ2) is 7.67. The van der Waals surface area contributed by atoms with Crippen LogP contribution in [0.25, 0.3) is 16.9 Å². The third-order valence-electron chi connectivity index (χ3n) is 6.18. The Labute approximate surface area is 180 Å². The Morgan fingerprint density at radius 2 is 1.65 bits per heavy atom. The van der Waals surface area contributed by atoms with Crippen LogP contribution >= 0.6 is 0 Å². The molecule has 5 heterocycles. The average Bonchev–Trinajstić information content (AvgIpc) is 3.24. The largest absolute Gasteiger partial charge is 0.378 e. The van der Waals surface area contributed by atoms with Crippen LogP contribution in [0, 0.1) is 0 Å². The van der Waals surface area contributed by atoms with Crippen molar-refractivity contribution in [3.8, 4) is 11.3 Å². The van der Waals surface area contributed by atoms with Crippen molar-refractivity contribution in [2.24, 2.45) is 0 Å². The summed E-state index contributed by atoms with van der Waals surface area (Å²) in [6.07, 6.45) is 3.59. The quantitative estimate of drug-likeness (QED) is 0.513. The molecule has 2 saturated heterocycles. The van der Waals surface area contributed by atoms with E-state index in [1.165, 1.54) is 5.56 Å². The second-order valence-corrected chi connectivity index (χ2v) is 8.12. The van der Waals surface area contributed by atoms with Gasteiger partial charge >= 0.3 is 0 Å². The lowest BCUT2D eigenvalue weighted by Gasteiger charge is -2.41. The maximum atomic E-state index is 5.58. The molecule has 6 rings (SSSR count). The van der Waals surface area contributed by atoms with E-state index in [0.717, 1.165) is 67.9 Å². The molecule has 2 aliphatic rings. The van der Waals surface area contributed by atoms with Gasteiger partial charge in [0.1, 0.15) is 11.6 Å². The van der Waals surface area contributed by atoms with Crippen molar-refractivity contribution >= 4 is 17.3 Å². The molecule has 2 fully saturated rings. The summed E-state index contributed by atoms with van der Waals surface area (Å²) in [7, 11) is 0. The van der Waals surface area contributed by atoms with E-state index in [4.69, 9.17) is 14.8 Å². The van der Waals surface area contributed by atoms with Gasteiger partial charge in [-0.05, 0) is 17.7 Å².